The van der Waals surface area contributed by atoms with Gasteiger partial charge in [0.25, 0.3) is 5.78 Å². The number of fused-ring (bicyclic) bond motifs is 1. The van der Waals surface area contributed by atoms with Crippen LogP contribution < -0.4 is 23.8 Å². The number of amides is 1. The molecule has 1 N–H and O–H groups in total. The van der Waals surface area contributed by atoms with E-state index in [2.05, 4.69) is 17.1 Å². The van der Waals surface area contributed by atoms with Gasteiger partial charge in [-0.3, -0.25) is 14.5 Å². The lowest BCUT2D eigenvalue weighted by Crippen LogP contribution is -2.29. The first-order chi connectivity index (χ1) is 23.8. The minimum atomic E-state index is -1.06. The summed E-state index contributed by atoms with van der Waals surface area (Å²) in [4.78, 5) is 29.0. The van der Waals surface area contributed by atoms with Crippen LogP contribution in [0.2, 0.25) is 10.0 Å². The molecule has 0 aliphatic carbocycles. The summed E-state index contributed by atoms with van der Waals surface area (Å²) in [6, 6.07) is 14.3. The lowest BCUT2D eigenvalue weighted by molar-refractivity contribution is -0.132. The van der Waals surface area contributed by atoms with Crippen LogP contribution >= 0.6 is 46.3 Å². The molecule has 1 fully saturated rings. The molecule has 2 aliphatic heterocycles. The van der Waals surface area contributed by atoms with Gasteiger partial charge in [0, 0.05) is 21.4 Å². The number of halogens is 2. The predicted molar refractivity (Wildman–Crippen MR) is 191 cm³/mol. The third-order valence-corrected chi connectivity index (χ3v) is 10.5. The third kappa shape index (κ3) is 7.62. The highest BCUT2D eigenvalue weighted by molar-refractivity contribution is 8.00. The van der Waals surface area contributed by atoms with E-state index in [1.165, 1.54) is 16.7 Å². The van der Waals surface area contributed by atoms with E-state index < -0.39 is 17.7 Å². The summed E-state index contributed by atoms with van der Waals surface area (Å²) in [6.07, 6.45) is 2.98. The molecule has 1 saturated heterocycles. The normalized spacial score (nSPS) is 16.7. The molecule has 14 heteroatoms. The molecule has 4 aromatic rings. The molecular formula is C35H33Cl2N3O7S2. The van der Waals surface area contributed by atoms with Crippen molar-refractivity contribution in [3.05, 3.63) is 86.9 Å². The average Bonchev–Trinajstić information content (AvgIpc) is 3.67. The Morgan fingerprint density at radius 1 is 0.980 bits per heavy atom. The van der Waals surface area contributed by atoms with Gasteiger partial charge < -0.3 is 24.1 Å². The lowest BCUT2D eigenvalue weighted by atomic mass is 9.95. The van der Waals surface area contributed by atoms with Crippen LogP contribution in [0.25, 0.3) is 5.76 Å². The van der Waals surface area contributed by atoms with Crippen molar-refractivity contribution < 1.29 is 33.6 Å². The number of thioether (sulfide) groups is 1. The Morgan fingerprint density at radius 3 is 2.57 bits per heavy atom. The van der Waals surface area contributed by atoms with Crippen LogP contribution in [0.4, 0.5) is 5.13 Å². The number of carbonyl (C=O) groups is 2. The van der Waals surface area contributed by atoms with E-state index >= 15 is 0 Å². The van der Waals surface area contributed by atoms with E-state index in [0.29, 0.717) is 80.7 Å². The summed E-state index contributed by atoms with van der Waals surface area (Å²) in [5.41, 5.74) is 1.55. The fourth-order valence-electron chi connectivity index (χ4n) is 5.44. The van der Waals surface area contributed by atoms with Crippen LogP contribution in [0.15, 0.2) is 64.5 Å². The van der Waals surface area contributed by atoms with Crippen LogP contribution in [0, 0.1) is 0 Å². The Bertz CT molecular complexity index is 1900. The minimum Gasteiger partial charge on any atom is -0.507 e. The smallest absolute Gasteiger partial charge is 0.301 e. The maximum absolute atomic E-state index is 13.8. The zero-order chi connectivity index (χ0) is 34.5. The predicted octanol–water partition coefficient (Wildman–Crippen LogP) is 8.50. The maximum atomic E-state index is 13.8. The molecule has 3 heterocycles. The highest BCUT2D eigenvalue weighted by atomic mass is 35.5. The van der Waals surface area contributed by atoms with Gasteiger partial charge in [0.1, 0.15) is 19.0 Å². The number of anilines is 1. The average molecular weight is 743 g/mol. The van der Waals surface area contributed by atoms with Crippen LogP contribution in [0.3, 0.4) is 0 Å². The number of benzene rings is 3. The molecule has 49 heavy (non-hydrogen) atoms. The molecule has 10 nitrogen and oxygen atoms in total. The molecule has 2 aliphatic rings. The molecule has 3 aromatic carbocycles. The van der Waals surface area contributed by atoms with Crippen molar-refractivity contribution in [1.82, 2.24) is 10.2 Å². The summed E-state index contributed by atoms with van der Waals surface area (Å²) < 4.78 is 23.9. The molecule has 1 amide bonds. The Kier molecular flexibility index (Phi) is 11.2. The fraction of sp³-hybridized carbons (Fsp3) is 0.314. The van der Waals surface area contributed by atoms with Crippen LogP contribution in [0.1, 0.15) is 55.8 Å². The number of unbranched alkanes of at least 4 members (excludes halogenated alkanes) is 2. The van der Waals surface area contributed by atoms with E-state index in [4.69, 9.17) is 42.1 Å². The number of nitrogens with zero attached hydrogens (tertiary/aromatic N) is 3. The van der Waals surface area contributed by atoms with Gasteiger partial charge in [-0.2, -0.15) is 0 Å². The molecule has 0 radical (unpaired) electrons. The molecule has 0 unspecified atom stereocenters. The van der Waals surface area contributed by atoms with Gasteiger partial charge in [0.2, 0.25) is 5.13 Å². The molecule has 1 atom stereocenters. The summed E-state index contributed by atoms with van der Waals surface area (Å²) in [6.45, 7) is 5.61. The Hall–Kier alpha value is -3.97. The third-order valence-electron chi connectivity index (χ3n) is 7.82. The topological polar surface area (TPSA) is 120 Å². The summed E-state index contributed by atoms with van der Waals surface area (Å²) in [5.74, 6) is 0.343. The lowest BCUT2D eigenvalue weighted by Gasteiger charge is -2.24. The number of ether oxygens (including phenoxy) is 4. The number of hydrogen-bond donors (Lipinski definition) is 1. The second kappa shape index (κ2) is 15.7. The van der Waals surface area contributed by atoms with Gasteiger partial charge >= 0.3 is 5.91 Å². The molecule has 256 valence electrons. The van der Waals surface area contributed by atoms with Crippen molar-refractivity contribution in [3.8, 4) is 23.0 Å². The largest absolute Gasteiger partial charge is 0.507 e. The van der Waals surface area contributed by atoms with Gasteiger partial charge in [-0.05, 0) is 66.9 Å². The molecule has 0 saturated carbocycles. The second-order valence-electron chi connectivity index (χ2n) is 11.1. The minimum absolute atomic E-state index is 0.113. The number of aromatic nitrogens is 2. The SMILES string of the molecule is CCCCCOc1ccc([C@H]2/C(=C(\O)c3ccc4c(c3)OCCO4)C(=O)C(=O)N2c2nnc(SCc3ccc(Cl)cc3Cl)s2)cc1OCC. The fourth-order valence-corrected chi connectivity index (χ4v) is 7.87. The first-order valence-corrected chi connectivity index (χ1v) is 18.4. The van der Waals surface area contributed by atoms with Gasteiger partial charge in [-0.1, -0.05) is 78.2 Å². The summed E-state index contributed by atoms with van der Waals surface area (Å²) in [7, 11) is 0. The van der Waals surface area contributed by atoms with E-state index in [-0.39, 0.29) is 16.5 Å². The number of aliphatic hydroxyl groups is 1. The zero-order valence-electron chi connectivity index (χ0n) is 26.7. The van der Waals surface area contributed by atoms with Gasteiger partial charge in [-0.25, -0.2) is 0 Å². The van der Waals surface area contributed by atoms with E-state index in [0.717, 1.165) is 36.2 Å². The second-order valence-corrected chi connectivity index (χ2v) is 14.1. The Labute approximate surface area is 301 Å². The highest BCUT2D eigenvalue weighted by Gasteiger charge is 2.48. The standard InChI is InChI=1S/C35H33Cl2N3O7S2/c1-3-5-6-13-45-25-11-8-20(16-27(25)44-4-2)30-29(31(41)21-9-12-26-28(17-21)47-15-14-46-26)32(42)33(43)40(30)34-38-39-35(49-34)48-19-22-7-10-23(36)18-24(22)37/h7-12,16-18,30,41H,3-6,13-15,19H2,1-2H3/b31-29+/t30-/m0/s1. The quantitative estimate of drug-likeness (QED) is 0.0357. The van der Waals surface area contributed by atoms with Crippen LogP contribution in [-0.4, -0.2) is 53.4 Å². The summed E-state index contributed by atoms with van der Waals surface area (Å²) >= 11 is 15.0. The first kappa shape index (κ1) is 34.9. The zero-order valence-corrected chi connectivity index (χ0v) is 29.9. The van der Waals surface area contributed by atoms with Crippen molar-refractivity contribution in [2.45, 2.75) is 49.2 Å². The molecule has 1 aromatic heterocycles. The van der Waals surface area contributed by atoms with Gasteiger partial charge in [0.15, 0.2) is 27.3 Å². The van der Waals surface area contributed by atoms with E-state index in [1.54, 1.807) is 48.5 Å². The Balaban J connectivity index is 1.40. The van der Waals surface area contributed by atoms with Crippen molar-refractivity contribution in [2.24, 2.45) is 0 Å². The molecule has 0 bridgehead atoms. The van der Waals surface area contributed by atoms with Crippen LogP contribution in [-0.2, 0) is 15.3 Å². The van der Waals surface area contributed by atoms with E-state index in [1.807, 2.05) is 13.0 Å². The molecular weight excluding hydrogens is 709 g/mol. The van der Waals surface area contributed by atoms with Gasteiger partial charge in [-0.15, -0.1) is 10.2 Å². The number of aliphatic hydroxyl groups excluding tert-OH is 1. The molecule has 6 rings (SSSR count). The van der Waals surface area contributed by atoms with Crippen LogP contribution in [0.5, 0.6) is 23.0 Å². The van der Waals surface area contributed by atoms with Crippen molar-refractivity contribution in [2.75, 3.05) is 31.3 Å². The van der Waals surface area contributed by atoms with Gasteiger partial charge in [0.05, 0.1) is 24.8 Å². The maximum Gasteiger partial charge on any atom is 0.301 e. The van der Waals surface area contributed by atoms with E-state index in [9.17, 15) is 14.7 Å². The monoisotopic (exact) mass is 741 g/mol. The first-order valence-electron chi connectivity index (χ1n) is 15.8. The Morgan fingerprint density at radius 2 is 1.80 bits per heavy atom. The van der Waals surface area contributed by atoms with Crippen molar-refractivity contribution in [3.63, 3.8) is 0 Å². The number of carbonyl (C=O) groups excluding carboxylic acids is 2. The highest BCUT2D eigenvalue weighted by Crippen LogP contribution is 2.46. The number of hydrogen-bond acceptors (Lipinski definition) is 11. The number of rotatable bonds is 13. The number of ketones is 1. The van der Waals surface area contributed by atoms with Crippen molar-refractivity contribution >= 4 is 68.9 Å². The van der Waals surface area contributed by atoms with Crippen molar-refractivity contribution in [1.29, 1.82) is 0 Å². The molecule has 0 spiro atoms. The summed E-state index contributed by atoms with van der Waals surface area (Å²) in [5, 5.41) is 21.6. The number of Topliss-reactive ketones (excluding diaryl/α,β-unsaturated/α-hetero) is 1.